The molecule has 1 aliphatic rings. The Hall–Kier alpha value is -2.13. The zero-order valence-electron chi connectivity index (χ0n) is 11.6. The number of primary sulfonamides is 1. The van der Waals surface area contributed by atoms with Gasteiger partial charge in [-0.2, -0.15) is 13.2 Å². The molecule has 0 aliphatic carbocycles. The molecule has 23 heavy (non-hydrogen) atoms. The van der Waals surface area contributed by atoms with E-state index in [-0.39, 0.29) is 23.5 Å². The molecule has 9 heteroatoms. The van der Waals surface area contributed by atoms with Crippen LogP contribution in [0.25, 0.3) is 10.8 Å². The molecule has 0 aromatic heterocycles. The summed E-state index contributed by atoms with van der Waals surface area (Å²) >= 11 is 0. The van der Waals surface area contributed by atoms with Gasteiger partial charge in [0.15, 0.2) is 0 Å². The Morgan fingerprint density at radius 1 is 1.17 bits per heavy atom. The molecule has 2 aromatic rings. The van der Waals surface area contributed by atoms with Gasteiger partial charge < -0.3 is 4.90 Å². The maximum Gasteiger partial charge on any atom is 0.471 e. The number of nitrogens with zero attached hydrogens (tertiary/aromatic N) is 1. The average molecular weight is 344 g/mol. The highest BCUT2D eigenvalue weighted by molar-refractivity contribution is 7.89. The van der Waals surface area contributed by atoms with Crippen molar-refractivity contribution in [3.05, 3.63) is 35.9 Å². The standard InChI is InChI=1S/C14H11F3N2O3S/c15-14(16,17)13(20)19-6-5-10-11-7-9(23(18,21)22)3-1-8(11)2-4-12(10)19/h1-4,7H,5-6H2,(H2,18,21,22). The van der Waals surface area contributed by atoms with Gasteiger partial charge in [0.2, 0.25) is 10.0 Å². The van der Waals surface area contributed by atoms with Crippen LogP contribution in [0.3, 0.4) is 0 Å². The first-order chi connectivity index (χ1) is 10.6. The number of carbonyl (C=O) groups excluding carboxylic acids is 1. The van der Waals surface area contributed by atoms with E-state index < -0.39 is 22.1 Å². The Balaban J connectivity index is 2.17. The normalized spacial score (nSPS) is 15.0. The van der Waals surface area contributed by atoms with Gasteiger partial charge in [0.05, 0.1) is 4.90 Å². The van der Waals surface area contributed by atoms with E-state index in [9.17, 15) is 26.4 Å². The number of nitrogens with two attached hydrogens (primary N) is 1. The average Bonchev–Trinajstić information content (AvgIpc) is 2.88. The van der Waals surface area contributed by atoms with E-state index in [0.29, 0.717) is 21.2 Å². The largest absolute Gasteiger partial charge is 0.471 e. The van der Waals surface area contributed by atoms with E-state index in [2.05, 4.69) is 0 Å². The van der Waals surface area contributed by atoms with Gasteiger partial charge in [0.1, 0.15) is 0 Å². The molecule has 0 bridgehead atoms. The van der Waals surface area contributed by atoms with Gasteiger partial charge in [0, 0.05) is 12.2 Å². The van der Waals surface area contributed by atoms with Crippen LogP contribution in [0.1, 0.15) is 5.56 Å². The van der Waals surface area contributed by atoms with Crippen molar-refractivity contribution in [1.29, 1.82) is 0 Å². The number of hydrogen-bond acceptors (Lipinski definition) is 3. The lowest BCUT2D eigenvalue weighted by Crippen LogP contribution is -2.40. The quantitative estimate of drug-likeness (QED) is 0.858. The van der Waals surface area contributed by atoms with Crippen molar-refractivity contribution in [3.8, 4) is 0 Å². The van der Waals surface area contributed by atoms with Crippen LogP contribution in [0.5, 0.6) is 0 Å². The molecule has 5 nitrogen and oxygen atoms in total. The minimum Gasteiger partial charge on any atom is -0.304 e. The molecular formula is C14H11F3N2O3S. The number of sulfonamides is 1. The molecule has 0 unspecified atom stereocenters. The first kappa shape index (κ1) is 15.8. The monoisotopic (exact) mass is 344 g/mol. The van der Waals surface area contributed by atoms with E-state index in [1.165, 1.54) is 24.3 Å². The van der Waals surface area contributed by atoms with Crippen molar-refractivity contribution in [2.75, 3.05) is 11.4 Å². The van der Waals surface area contributed by atoms with Crippen LogP contribution in [-0.2, 0) is 21.2 Å². The predicted octanol–water partition coefficient (Wildman–Crippen LogP) is 1.94. The summed E-state index contributed by atoms with van der Waals surface area (Å²) in [6.07, 6.45) is -4.75. The number of anilines is 1. The molecule has 1 aliphatic heterocycles. The third-order valence-corrected chi connectivity index (χ3v) is 4.68. The first-order valence-electron chi connectivity index (χ1n) is 6.56. The Labute approximate surface area is 129 Å². The molecule has 2 aromatic carbocycles. The highest BCUT2D eigenvalue weighted by Crippen LogP contribution is 2.37. The van der Waals surface area contributed by atoms with Gasteiger partial charge in [-0.25, -0.2) is 13.6 Å². The predicted molar refractivity (Wildman–Crippen MR) is 77.4 cm³/mol. The molecule has 0 saturated carbocycles. The van der Waals surface area contributed by atoms with Gasteiger partial charge in [-0.1, -0.05) is 12.1 Å². The molecule has 1 heterocycles. The first-order valence-corrected chi connectivity index (χ1v) is 8.11. The molecule has 2 N–H and O–H groups in total. The molecule has 122 valence electrons. The van der Waals surface area contributed by atoms with E-state index in [1.54, 1.807) is 6.07 Å². The van der Waals surface area contributed by atoms with Crippen LogP contribution in [0.15, 0.2) is 35.2 Å². The Morgan fingerprint density at radius 2 is 1.83 bits per heavy atom. The Kier molecular flexibility index (Phi) is 3.38. The maximum atomic E-state index is 12.6. The lowest BCUT2D eigenvalue weighted by atomic mass is 10.0. The number of halogens is 3. The summed E-state index contributed by atoms with van der Waals surface area (Å²) in [6, 6.07) is 7.17. The molecule has 0 spiro atoms. The molecule has 0 radical (unpaired) electrons. The van der Waals surface area contributed by atoms with Crippen molar-refractivity contribution in [2.24, 2.45) is 5.14 Å². The molecule has 1 amide bonds. The lowest BCUT2D eigenvalue weighted by molar-refractivity contribution is -0.170. The van der Waals surface area contributed by atoms with E-state index in [0.717, 1.165) is 0 Å². The third kappa shape index (κ3) is 2.66. The number of fused-ring (bicyclic) bond motifs is 3. The fourth-order valence-corrected chi connectivity index (χ4v) is 3.29. The summed E-state index contributed by atoms with van der Waals surface area (Å²) < 4.78 is 60.8. The Morgan fingerprint density at radius 3 is 2.43 bits per heavy atom. The molecular weight excluding hydrogens is 333 g/mol. The lowest BCUT2D eigenvalue weighted by Gasteiger charge is -2.19. The van der Waals surface area contributed by atoms with Gasteiger partial charge >= 0.3 is 12.1 Å². The second-order valence-corrected chi connectivity index (χ2v) is 6.76. The number of amides is 1. The zero-order valence-corrected chi connectivity index (χ0v) is 12.4. The number of rotatable bonds is 1. The van der Waals surface area contributed by atoms with Crippen molar-refractivity contribution in [2.45, 2.75) is 17.5 Å². The topological polar surface area (TPSA) is 80.5 Å². The molecule has 0 atom stereocenters. The minimum absolute atomic E-state index is 0.105. The van der Waals surface area contributed by atoms with E-state index in [4.69, 9.17) is 5.14 Å². The van der Waals surface area contributed by atoms with Crippen LogP contribution in [0, 0.1) is 0 Å². The summed E-state index contributed by atoms with van der Waals surface area (Å²) in [6.45, 7) is -0.105. The van der Waals surface area contributed by atoms with Crippen LogP contribution in [0.4, 0.5) is 18.9 Å². The van der Waals surface area contributed by atoms with Crippen LogP contribution in [-0.4, -0.2) is 27.0 Å². The second-order valence-electron chi connectivity index (χ2n) is 5.20. The maximum absolute atomic E-state index is 12.6. The fraction of sp³-hybridized carbons (Fsp3) is 0.214. The number of alkyl halides is 3. The van der Waals surface area contributed by atoms with Crippen molar-refractivity contribution < 1.29 is 26.4 Å². The molecule has 3 rings (SSSR count). The zero-order chi connectivity index (χ0) is 17.0. The summed E-state index contributed by atoms with van der Waals surface area (Å²) in [5.74, 6) is -1.93. The highest BCUT2D eigenvalue weighted by atomic mass is 32.2. The smallest absolute Gasteiger partial charge is 0.304 e. The van der Waals surface area contributed by atoms with Crippen molar-refractivity contribution >= 4 is 32.4 Å². The van der Waals surface area contributed by atoms with Gasteiger partial charge in [-0.05, 0) is 41.0 Å². The summed E-state index contributed by atoms with van der Waals surface area (Å²) in [7, 11) is -3.93. The van der Waals surface area contributed by atoms with Gasteiger partial charge in [-0.3, -0.25) is 4.79 Å². The van der Waals surface area contributed by atoms with E-state index in [1.807, 2.05) is 0 Å². The molecule has 0 fully saturated rings. The van der Waals surface area contributed by atoms with Gasteiger partial charge in [0.25, 0.3) is 0 Å². The number of hydrogen-bond donors (Lipinski definition) is 1. The van der Waals surface area contributed by atoms with Crippen molar-refractivity contribution in [1.82, 2.24) is 0 Å². The van der Waals surface area contributed by atoms with Crippen LogP contribution >= 0.6 is 0 Å². The second kappa shape index (κ2) is 4.93. The van der Waals surface area contributed by atoms with Crippen molar-refractivity contribution in [3.63, 3.8) is 0 Å². The van der Waals surface area contributed by atoms with E-state index >= 15 is 0 Å². The van der Waals surface area contributed by atoms with Crippen LogP contribution in [0.2, 0.25) is 0 Å². The fourth-order valence-electron chi connectivity index (χ4n) is 2.75. The SMILES string of the molecule is NS(=O)(=O)c1ccc2ccc3c(c2c1)CCN3C(=O)C(F)(F)F. The summed E-state index contributed by atoms with van der Waals surface area (Å²) in [5.41, 5.74) is 0.650. The highest BCUT2D eigenvalue weighted by Gasteiger charge is 2.44. The van der Waals surface area contributed by atoms with Gasteiger partial charge in [-0.15, -0.1) is 0 Å². The number of carbonyl (C=O) groups is 1. The minimum atomic E-state index is -4.96. The molecule has 0 saturated heterocycles. The van der Waals surface area contributed by atoms with Crippen LogP contribution < -0.4 is 10.0 Å². The number of benzene rings is 2. The Bertz CT molecular complexity index is 923. The third-order valence-electron chi connectivity index (χ3n) is 3.77. The summed E-state index contributed by atoms with van der Waals surface area (Å²) in [5, 5.41) is 6.23. The summed E-state index contributed by atoms with van der Waals surface area (Å²) in [4.78, 5) is 12.0.